The van der Waals surface area contributed by atoms with Crippen LogP contribution in [0.4, 0.5) is 0 Å². The molecule has 0 spiro atoms. The van der Waals surface area contributed by atoms with Gasteiger partial charge in [-0.05, 0) is 0 Å². The molecule has 0 saturated carbocycles. The molecule has 0 amide bonds. The molecule has 0 saturated heterocycles. The molecule has 0 aromatic carbocycles. The van der Waals surface area contributed by atoms with Crippen LogP contribution < -0.4 is -1.37 Å². The SMILES string of the molecule is Cc1n[nH]c2c1Cc1nc[c]([Rb])cc1-2. The summed E-state index contributed by atoms with van der Waals surface area (Å²) in [6, 6.07) is 2.27. The summed E-state index contributed by atoms with van der Waals surface area (Å²) in [4.78, 5) is 4.49. The van der Waals surface area contributed by atoms with Crippen LogP contribution in [0, 0.1) is 6.92 Å². The van der Waals surface area contributed by atoms with E-state index in [1.165, 1.54) is 21.1 Å². The second-order valence-electron chi connectivity index (χ2n) is 3.85. The van der Waals surface area contributed by atoms with Gasteiger partial charge in [-0.15, -0.1) is 0 Å². The van der Waals surface area contributed by atoms with Gasteiger partial charge in [0, 0.05) is 0 Å². The van der Waals surface area contributed by atoms with Crippen molar-refractivity contribution < 1.29 is 0 Å². The van der Waals surface area contributed by atoms with E-state index in [0.717, 1.165) is 12.1 Å². The van der Waals surface area contributed by atoms with Crippen molar-refractivity contribution in [2.45, 2.75) is 13.3 Å². The number of hydrogen-bond donors (Lipinski definition) is 1. The van der Waals surface area contributed by atoms with Crippen LogP contribution in [-0.2, 0) is 6.42 Å². The predicted molar refractivity (Wildman–Crippen MR) is 54.7 cm³/mol. The number of H-pyrrole nitrogens is 1. The summed E-state index contributed by atoms with van der Waals surface area (Å²) in [5.41, 5.74) is 6.11. The van der Waals surface area contributed by atoms with Crippen LogP contribution in [0.15, 0.2) is 12.3 Å². The number of aromatic amines is 1. The summed E-state index contributed by atoms with van der Waals surface area (Å²) in [5.74, 6) is 0. The van der Waals surface area contributed by atoms with Crippen LogP contribution >= 0.6 is 0 Å². The third kappa shape index (κ3) is 1.30. The number of nitrogens with one attached hydrogen (secondary N) is 1. The maximum absolute atomic E-state index is 4.49. The Labute approximate surface area is 121 Å². The van der Waals surface area contributed by atoms with E-state index in [4.69, 9.17) is 0 Å². The molecule has 2 aromatic rings. The molecule has 4 heteroatoms. The zero-order valence-electron chi connectivity index (χ0n) is 8.26. The fourth-order valence-corrected chi connectivity index (χ4v) is 3.04. The van der Waals surface area contributed by atoms with Gasteiger partial charge in [0.25, 0.3) is 0 Å². The Hall–Kier alpha value is 0.165. The van der Waals surface area contributed by atoms with Crippen LogP contribution in [-0.4, -0.2) is 70.7 Å². The monoisotopic (exact) mass is 255 g/mol. The molecule has 3 nitrogen and oxygen atoms in total. The van der Waals surface area contributed by atoms with Gasteiger partial charge in [-0.3, -0.25) is 0 Å². The van der Waals surface area contributed by atoms with Crippen molar-refractivity contribution in [1.29, 1.82) is 0 Å². The quantitative estimate of drug-likeness (QED) is 0.635. The maximum atomic E-state index is 4.49. The Morgan fingerprint density at radius 2 is 2.36 bits per heavy atom. The molecule has 0 atom stereocenters. The first kappa shape index (κ1) is 9.40. The van der Waals surface area contributed by atoms with Crippen molar-refractivity contribution in [1.82, 2.24) is 15.2 Å². The third-order valence-electron chi connectivity index (χ3n) is 2.79. The van der Waals surface area contributed by atoms with E-state index in [9.17, 15) is 0 Å². The van der Waals surface area contributed by atoms with E-state index in [0.29, 0.717) is 55.5 Å². The molecule has 1 aliphatic rings. The van der Waals surface area contributed by atoms with Crippen molar-refractivity contribution >= 4 is 54.2 Å². The molecule has 2 heterocycles. The molecule has 1 aliphatic carbocycles. The Balaban J connectivity index is 2.29. The summed E-state index contributed by atoms with van der Waals surface area (Å²) < 4.78 is 1.41. The van der Waals surface area contributed by atoms with Gasteiger partial charge in [0.15, 0.2) is 0 Å². The van der Waals surface area contributed by atoms with Crippen LogP contribution in [0.2, 0.25) is 0 Å². The summed E-state index contributed by atoms with van der Waals surface area (Å²) in [7, 11) is 0. The van der Waals surface area contributed by atoms with Gasteiger partial charge in [-0.25, -0.2) is 0 Å². The zero-order valence-corrected chi connectivity index (χ0v) is 13.2. The van der Waals surface area contributed by atoms with Crippen LogP contribution in [0.5, 0.6) is 0 Å². The van der Waals surface area contributed by atoms with E-state index in [2.05, 4.69) is 21.2 Å². The fraction of sp³-hybridized carbons (Fsp3) is 0.200. The van der Waals surface area contributed by atoms with Gasteiger partial charge >= 0.3 is 123 Å². The van der Waals surface area contributed by atoms with Crippen molar-refractivity contribution in [2.75, 3.05) is 0 Å². The molecule has 0 bridgehead atoms. The zero-order chi connectivity index (χ0) is 9.71. The van der Waals surface area contributed by atoms with E-state index < -0.39 is 0 Å². The molecule has 2 aromatic heterocycles. The minimum absolute atomic E-state index is 0.538. The Morgan fingerprint density at radius 1 is 1.50 bits per heavy atom. The van der Waals surface area contributed by atoms with Crippen molar-refractivity contribution in [3.8, 4) is 11.3 Å². The molecule has 1 N–H and O–H groups in total. The Morgan fingerprint density at radius 3 is 3.21 bits per heavy atom. The number of nitrogens with zero attached hydrogens (tertiary/aromatic N) is 2. The number of hydrogen-bond acceptors (Lipinski definition) is 2. The number of fused-ring (bicyclic) bond motifs is 3. The second-order valence-corrected chi connectivity index (χ2v) is 6.68. The Bertz CT molecular complexity index is 516. The van der Waals surface area contributed by atoms with Crippen LogP contribution in [0.1, 0.15) is 17.0 Å². The Kier molecular flexibility index (Phi) is 2.24. The number of pyridine rings is 1. The average molecular weight is 256 g/mol. The second kappa shape index (κ2) is 3.34. The first-order valence-corrected chi connectivity index (χ1v) is 7.21. The molecule has 0 aliphatic heterocycles. The third-order valence-corrected chi connectivity index (χ3v) is 4.14. The fourth-order valence-electron chi connectivity index (χ4n) is 2.02. The molecule has 0 unspecified atom stereocenters. The van der Waals surface area contributed by atoms with E-state index in [1.807, 2.05) is 13.1 Å². The van der Waals surface area contributed by atoms with Gasteiger partial charge in [-0.2, -0.15) is 0 Å². The van der Waals surface area contributed by atoms with Crippen molar-refractivity contribution in [3.05, 3.63) is 29.2 Å². The number of aromatic nitrogens is 3. The van der Waals surface area contributed by atoms with E-state index in [1.54, 1.807) is 0 Å². The summed E-state index contributed by atoms with van der Waals surface area (Å²) in [5, 5.41) is 7.33. The first-order valence-electron chi connectivity index (χ1n) is 4.75. The van der Waals surface area contributed by atoms with E-state index in [-0.39, 0.29) is 0 Å². The topological polar surface area (TPSA) is 41.6 Å². The molecular weight excluding hydrogens is 248 g/mol. The average Bonchev–Trinajstić information content (AvgIpc) is 2.67. The van der Waals surface area contributed by atoms with Gasteiger partial charge in [-0.1, -0.05) is 0 Å². The van der Waals surface area contributed by atoms with Crippen LogP contribution in [0.25, 0.3) is 11.3 Å². The normalized spacial score (nSPS) is 12.8. The first-order chi connectivity index (χ1) is 6.75. The molecule has 0 fully saturated rings. The van der Waals surface area contributed by atoms with Crippen LogP contribution in [0.3, 0.4) is 0 Å². The van der Waals surface area contributed by atoms with Gasteiger partial charge in [0.05, 0.1) is 0 Å². The van der Waals surface area contributed by atoms with E-state index >= 15 is 0 Å². The minimum atomic E-state index is 0.538. The molecule has 0 radical (unpaired) electrons. The summed E-state index contributed by atoms with van der Waals surface area (Å²) in [6.07, 6.45) is 2.96. The molecular formula is C10H8N3Rb. The number of rotatable bonds is 0. The molecule has 14 heavy (non-hydrogen) atoms. The summed E-state index contributed by atoms with van der Waals surface area (Å²) >= 11 is 0.538. The van der Waals surface area contributed by atoms with Gasteiger partial charge in [0.2, 0.25) is 0 Å². The molecule has 3 rings (SSSR count). The van der Waals surface area contributed by atoms with Gasteiger partial charge in [0.1, 0.15) is 0 Å². The van der Waals surface area contributed by atoms with Crippen molar-refractivity contribution in [3.63, 3.8) is 0 Å². The van der Waals surface area contributed by atoms with Crippen molar-refractivity contribution in [2.24, 2.45) is 0 Å². The predicted octanol–water partition coefficient (Wildman–Crippen LogP) is 0.478. The van der Waals surface area contributed by atoms with Gasteiger partial charge < -0.3 is 0 Å². The standard InChI is InChI=1S/C10H8N3.Rb/c1-6-8-5-9-7(3-2-4-11-9)10(8)13-12-6;/h3-4H,5H2,1H3,(H,12,13);. The number of aryl methyl sites for hydroxylation is 1. The summed E-state index contributed by atoms with van der Waals surface area (Å²) in [6.45, 7) is 2.05. The molecule has 64 valence electrons.